The minimum atomic E-state index is 0.497. The third kappa shape index (κ3) is 0.851. The molecule has 0 bridgehead atoms. The Morgan fingerprint density at radius 2 is 2.36 bits per heavy atom. The van der Waals surface area contributed by atoms with Gasteiger partial charge in [-0.3, -0.25) is 0 Å². The number of fused-ring (bicyclic) bond motifs is 1. The summed E-state index contributed by atoms with van der Waals surface area (Å²) in [6.45, 7) is 0. The number of aromatic nitrogens is 2. The minimum Gasteiger partial charge on any atom is -0.397 e. The minimum absolute atomic E-state index is 0.497. The first kappa shape index (κ1) is 6.49. The molecule has 2 heterocycles. The first-order chi connectivity index (χ1) is 5.29. The van der Waals surface area contributed by atoms with Gasteiger partial charge in [-0.2, -0.15) is 0 Å². The smallest absolute Gasteiger partial charge is 0.139 e. The normalized spacial score (nSPS) is 10.6. The maximum Gasteiger partial charge on any atom is 0.139 e. The van der Waals surface area contributed by atoms with Gasteiger partial charge in [0.05, 0.1) is 16.9 Å². The van der Waals surface area contributed by atoms with Crippen molar-refractivity contribution in [2.45, 2.75) is 0 Å². The Hall–Kier alpha value is -1.22. The van der Waals surface area contributed by atoms with E-state index in [0.29, 0.717) is 10.7 Å². The lowest BCUT2D eigenvalue weighted by molar-refractivity contribution is 1.33. The molecule has 0 aliphatic heterocycles. The van der Waals surface area contributed by atoms with Crippen molar-refractivity contribution in [3.63, 3.8) is 0 Å². The first-order valence-corrected chi connectivity index (χ1v) is 3.54. The molecule has 0 radical (unpaired) electrons. The van der Waals surface area contributed by atoms with Crippen molar-refractivity contribution < 1.29 is 0 Å². The van der Waals surface area contributed by atoms with Crippen molar-refractivity contribution in [1.29, 1.82) is 0 Å². The molecule has 56 valence electrons. The maximum absolute atomic E-state index is 5.74. The summed E-state index contributed by atoms with van der Waals surface area (Å²) in [5.41, 5.74) is 7.02. The molecule has 2 rings (SSSR count). The fourth-order valence-electron chi connectivity index (χ4n) is 1.00. The molecular formula is C7H6ClN3. The molecule has 0 atom stereocenters. The zero-order valence-corrected chi connectivity index (χ0v) is 6.39. The van der Waals surface area contributed by atoms with E-state index in [4.69, 9.17) is 17.3 Å². The molecular weight excluding hydrogens is 162 g/mol. The van der Waals surface area contributed by atoms with E-state index < -0.39 is 0 Å². The Labute approximate surface area is 68.2 Å². The molecule has 3 nitrogen and oxygen atoms in total. The summed E-state index contributed by atoms with van der Waals surface area (Å²) in [6, 6.07) is 1.85. The first-order valence-electron chi connectivity index (χ1n) is 3.16. The van der Waals surface area contributed by atoms with E-state index in [0.717, 1.165) is 11.0 Å². The van der Waals surface area contributed by atoms with Crippen molar-refractivity contribution >= 4 is 28.3 Å². The van der Waals surface area contributed by atoms with Gasteiger partial charge >= 0.3 is 0 Å². The Morgan fingerprint density at radius 1 is 1.55 bits per heavy atom. The van der Waals surface area contributed by atoms with Crippen LogP contribution in [0.1, 0.15) is 0 Å². The number of halogens is 1. The van der Waals surface area contributed by atoms with Crippen LogP contribution in [0.5, 0.6) is 0 Å². The van der Waals surface area contributed by atoms with E-state index in [1.165, 1.54) is 6.20 Å². The van der Waals surface area contributed by atoms with Crippen LogP contribution in [0.4, 0.5) is 5.69 Å². The highest BCUT2D eigenvalue weighted by atomic mass is 35.5. The number of hydrogen-bond donors (Lipinski definition) is 2. The SMILES string of the molecule is Nc1c(Cl)cnc2[nH]ccc12. The fraction of sp³-hybridized carbons (Fsp3) is 0. The van der Waals surface area contributed by atoms with Crippen molar-refractivity contribution in [2.75, 3.05) is 5.73 Å². The van der Waals surface area contributed by atoms with Crippen LogP contribution in [0.15, 0.2) is 18.5 Å². The molecule has 0 saturated carbocycles. The van der Waals surface area contributed by atoms with Crippen LogP contribution in [0, 0.1) is 0 Å². The van der Waals surface area contributed by atoms with Crippen LogP contribution in [0.25, 0.3) is 11.0 Å². The predicted molar refractivity (Wildman–Crippen MR) is 45.5 cm³/mol. The number of aromatic amines is 1. The Balaban J connectivity index is 2.93. The summed E-state index contributed by atoms with van der Waals surface area (Å²) in [5, 5.41) is 1.37. The monoisotopic (exact) mass is 167 g/mol. The highest BCUT2D eigenvalue weighted by molar-refractivity contribution is 6.34. The number of pyridine rings is 1. The van der Waals surface area contributed by atoms with Crippen LogP contribution >= 0.6 is 11.6 Å². The summed E-state index contributed by atoms with van der Waals surface area (Å²) in [5.74, 6) is 0. The molecule has 0 aliphatic carbocycles. The van der Waals surface area contributed by atoms with E-state index >= 15 is 0 Å². The number of nitrogens with zero attached hydrogens (tertiary/aromatic N) is 1. The van der Waals surface area contributed by atoms with Gasteiger partial charge in [0.15, 0.2) is 0 Å². The van der Waals surface area contributed by atoms with Gasteiger partial charge in [0.1, 0.15) is 5.65 Å². The molecule has 4 heteroatoms. The largest absolute Gasteiger partial charge is 0.397 e. The zero-order valence-electron chi connectivity index (χ0n) is 5.63. The van der Waals surface area contributed by atoms with E-state index in [9.17, 15) is 0 Å². The summed E-state index contributed by atoms with van der Waals surface area (Å²) in [4.78, 5) is 6.97. The van der Waals surface area contributed by atoms with Gasteiger partial charge in [-0.15, -0.1) is 0 Å². The highest BCUT2D eigenvalue weighted by Gasteiger charge is 2.02. The molecule has 2 aromatic heterocycles. The molecule has 11 heavy (non-hydrogen) atoms. The molecule has 2 aromatic rings. The van der Waals surface area contributed by atoms with E-state index in [-0.39, 0.29) is 0 Å². The summed E-state index contributed by atoms with van der Waals surface area (Å²) >= 11 is 5.74. The van der Waals surface area contributed by atoms with Gasteiger partial charge in [0, 0.05) is 11.6 Å². The predicted octanol–water partition coefficient (Wildman–Crippen LogP) is 1.80. The number of hydrogen-bond acceptors (Lipinski definition) is 2. The lowest BCUT2D eigenvalue weighted by Gasteiger charge is -1.96. The zero-order chi connectivity index (χ0) is 7.84. The van der Waals surface area contributed by atoms with Gasteiger partial charge in [-0.05, 0) is 6.07 Å². The van der Waals surface area contributed by atoms with Crippen LogP contribution < -0.4 is 5.73 Å². The van der Waals surface area contributed by atoms with Crippen molar-refractivity contribution in [3.05, 3.63) is 23.5 Å². The fourth-order valence-corrected chi connectivity index (χ4v) is 1.15. The number of anilines is 1. The molecule has 0 fully saturated rings. The van der Waals surface area contributed by atoms with E-state index in [1.54, 1.807) is 6.20 Å². The Morgan fingerprint density at radius 3 is 3.18 bits per heavy atom. The van der Waals surface area contributed by atoms with Crippen LogP contribution in [0.3, 0.4) is 0 Å². The number of H-pyrrole nitrogens is 1. The highest BCUT2D eigenvalue weighted by Crippen LogP contribution is 2.25. The molecule has 0 spiro atoms. The third-order valence-corrected chi connectivity index (χ3v) is 1.88. The molecule has 0 aromatic carbocycles. The standard InChI is InChI=1S/C7H6ClN3/c8-5-3-11-7-4(6(5)9)1-2-10-7/h1-3H,(H3,9,10,11). The van der Waals surface area contributed by atoms with Gasteiger partial charge in [-0.25, -0.2) is 4.98 Å². The van der Waals surface area contributed by atoms with Gasteiger partial charge < -0.3 is 10.7 Å². The molecule has 0 unspecified atom stereocenters. The second-order valence-electron chi connectivity index (χ2n) is 2.26. The van der Waals surface area contributed by atoms with E-state index in [2.05, 4.69) is 9.97 Å². The van der Waals surface area contributed by atoms with Gasteiger partial charge in [0.2, 0.25) is 0 Å². The van der Waals surface area contributed by atoms with Crippen molar-refractivity contribution in [1.82, 2.24) is 9.97 Å². The topological polar surface area (TPSA) is 54.7 Å². The average Bonchev–Trinajstić information content (AvgIpc) is 2.45. The number of nitrogen functional groups attached to an aromatic ring is 1. The Kier molecular flexibility index (Phi) is 1.26. The molecule has 3 N–H and O–H groups in total. The quantitative estimate of drug-likeness (QED) is 0.629. The lowest BCUT2D eigenvalue weighted by atomic mass is 10.3. The van der Waals surface area contributed by atoms with Gasteiger partial charge in [0.25, 0.3) is 0 Å². The molecule has 0 aliphatic rings. The number of nitrogens with two attached hydrogens (primary N) is 1. The summed E-state index contributed by atoms with van der Waals surface area (Å²) in [7, 11) is 0. The Bertz CT molecular complexity index is 393. The van der Waals surface area contributed by atoms with Crippen LogP contribution in [-0.4, -0.2) is 9.97 Å². The second kappa shape index (κ2) is 2.13. The average molecular weight is 168 g/mol. The summed E-state index contributed by atoms with van der Waals surface area (Å²) < 4.78 is 0. The second-order valence-corrected chi connectivity index (χ2v) is 2.67. The maximum atomic E-state index is 5.74. The van der Waals surface area contributed by atoms with Crippen LogP contribution in [-0.2, 0) is 0 Å². The lowest BCUT2D eigenvalue weighted by Crippen LogP contribution is -1.88. The van der Waals surface area contributed by atoms with E-state index in [1.807, 2.05) is 6.07 Å². The number of nitrogens with one attached hydrogen (secondary N) is 1. The van der Waals surface area contributed by atoms with Crippen molar-refractivity contribution in [3.8, 4) is 0 Å². The summed E-state index contributed by atoms with van der Waals surface area (Å²) in [6.07, 6.45) is 3.32. The molecule has 0 amide bonds. The number of rotatable bonds is 0. The third-order valence-electron chi connectivity index (χ3n) is 1.58. The van der Waals surface area contributed by atoms with Gasteiger partial charge in [-0.1, -0.05) is 11.6 Å². The van der Waals surface area contributed by atoms with Crippen molar-refractivity contribution in [2.24, 2.45) is 0 Å². The molecule has 0 saturated heterocycles. The van der Waals surface area contributed by atoms with Crippen LogP contribution in [0.2, 0.25) is 5.02 Å².